The van der Waals surface area contributed by atoms with Crippen LogP contribution < -0.4 is 0 Å². The summed E-state index contributed by atoms with van der Waals surface area (Å²) < 4.78 is 12.8. The monoisotopic (exact) mass is 416 g/mol. The van der Waals surface area contributed by atoms with Gasteiger partial charge in [-0.3, -0.25) is 4.79 Å². The van der Waals surface area contributed by atoms with Crippen LogP contribution in [0.25, 0.3) is 0 Å². The van der Waals surface area contributed by atoms with E-state index in [1.54, 1.807) is 0 Å². The molecule has 166 valence electrons. The van der Waals surface area contributed by atoms with E-state index in [-0.39, 0.29) is 28.8 Å². The molecule has 0 aromatic heterocycles. The van der Waals surface area contributed by atoms with Gasteiger partial charge in [0, 0.05) is 11.5 Å². The minimum atomic E-state index is -1.03. The van der Waals surface area contributed by atoms with E-state index in [9.17, 15) is 15.0 Å². The number of fused-ring (bicyclic) bond motifs is 7. The van der Waals surface area contributed by atoms with Crippen LogP contribution in [0, 0.1) is 28.6 Å². The number of aliphatic hydroxyl groups is 2. The van der Waals surface area contributed by atoms with Crippen LogP contribution in [0.4, 0.5) is 0 Å². The van der Waals surface area contributed by atoms with Crippen LogP contribution in [0.1, 0.15) is 72.6 Å². The largest absolute Gasteiger partial charge is 0.515 e. The van der Waals surface area contributed by atoms with Gasteiger partial charge in [-0.1, -0.05) is 25.5 Å². The molecule has 0 spiro atoms. The number of ketones is 1. The van der Waals surface area contributed by atoms with Gasteiger partial charge in [-0.2, -0.15) is 0 Å². The summed E-state index contributed by atoms with van der Waals surface area (Å²) >= 11 is 0. The lowest BCUT2D eigenvalue weighted by atomic mass is 9.46. The van der Waals surface area contributed by atoms with Crippen molar-refractivity contribution in [2.45, 2.75) is 96.2 Å². The fourth-order valence-electron chi connectivity index (χ4n) is 8.37. The van der Waals surface area contributed by atoms with Gasteiger partial charge in [0.25, 0.3) is 0 Å². The number of ether oxygens (including phenoxy) is 2. The zero-order valence-corrected chi connectivity index (χ0v) is 18.7. The van der Waals surface area contributed by atoms with E-state index < -0.39 is 11.4 Å². The maximum atomic E-state index is 13.4. The van der Waals surface area contributed by atoms with Crippen molar-refractivity contribution in [2.75, 3.05) is 0 Å². The van der Waals surface area contributed by atoms with Gasteiger partial charge in [0.1, 0.15) is 0 Å². The van der Waals surface area contributed by atoms with E-state index in [1.807, 2.05) is 13.8 Å². The van der Waals surface area contributed by atoms with Crippen molar-refractivity contribution in [1.29, 1.82) is 0 Å². The lowest BCUT2D eigenvalue weighted by molar-refractivity contribution is -0.212. The molecule has 0 radical (unpaired) electrons. The van der Waals surface area contributed by atoms with Crippen LogP contribution in [0.15, 0.2) is 24.0 Å². The summed E-state index contributed by atoms with van der Waals surface area (Å²) in [5.74, 6) is 0.448. The molecule has 5 nitrogen and oxygen atoms in total. The lowest BCUT2D eigenvalue weighted by Gasteiger charge is -2.59. The van der Waals surface area contributed by atoms with Crippen LogP contribution >= 0.6 is 0 Å². The SMILES string of the molecule is CC1(C)O[C@H]2C[C@@H]3[C@H]4CC=C5C[C@H](O)CC[C@@]5(C)[C@@H]4CC[C@@]3(C)[C@@]2(C(=O)/C=C/O)O1. The van der Waals surface area contributed by atoms with E-state index in [0.717, 1.165) is 51.2 Å². The third-order valence-electron chi connectivity index (χ3n) is 9.66. The lowest BCUT2D eigenvalue weighted by Crippen LogP contribution is -2.60. The summed E-state index contributed by atoms with van der Waals surface area (Å²) in [5.41, 5.74) is 0.259. The van der Waals surface area contributed by atoms with Gasteiger partial charge >= 0.3 is 0 Å². The summed E-state index contributed by atoms with van der Waals surface area (Å²) in [7, 11) is 0. The van der Waals surface area contributed by atoms with Crippen LogP contribution in [0.2, 0.25) is 0 Å². The maximum absolute atomic E-state index is 13.4. The third kappa shape index (κ3) is 2.49. The Hall–Kier alpha value is -1.17. The number of hydrogen-bond donors (Lipinski definition) is 2. The fourth-order valence-corrected chi connectivity index (χ4v) is 8.37. The molecule has 0 bridgehead atoms. The summed E-state index contributed by atoms with van der Waals surface area (Å²) in [4.78, 5) is 13.4. The van der Waals surface area contributed by atoms with E-state index in [4.69, 9.17) is 9.47 Å². The molecule has 1 saturated heterocycles. The smallest absolute Gasteiger partial charge is 0.193 e. The van der Waals surface area contributed by atoms with Crippen molar-refractivity contribution in [1.82, 2.24) is 0 Å². The predicted octanol–water partition coefficient (Wildman–Crippen LogP) is 4.45. The normalized spacial score (nSPS) is 51.6. The number of carbonyl (C=O) groups excluding carboxylic acids is 1. The van der Waals surface area contributed by atoms with Gasteiger partial charge in [0.2, 0.25) is 0 Å². The fraction of sp³-hybridized carbons (Fsp3) is 0.800. The molecule has 4 fully saturated rings. The highest BCUT2D eigenvalue weighted by Gasteiger charge is 2.75. The van der Waals surface area contributed by atoms with E-state index in [0.29, 0.717) is 17.8 Å². The molecule has 0 amide bonds. The first kappa shape index (κ1) is 20.7. The highest BCUT2D eigenvalue weighted by molar-refractivity contribution is 5.99. The van der Waals surface area contributed by atoms with E-state index >= 15 is 0 Å². The highest BCUT2D eigenvalue weighted by Crippen LogP contribution is 2.70. The molecule has 8 atom stereocenters. The molecular weight excluding hydrogens is 380 g/mol. The quantitative estimate of drug-likeness (QED) is 0.395. The minimum Gasteiger partial charge on any atom is -0.515 e. The number of aliphatic hydroxyl groups excluding tert-OH is 2. The van der Waals surface area contributed by atoms with Crippen molar-refractivity contribution in [3.05, 3.63) is 24.0 Å². The zero-order valence-electron chi connectivity index (χ0n) is 18.7. The molecule has 2 N–H and O–H groups in total. The van der Waals surface area contributed by atoms with Gasteiger partial charge in [-0.05, 0) is 82.0 Å². The summed E-state index contributed by atoms with van der Waals surface area (Å²) in [6, 6.07) is 0. The topological polar surface area (TPSA) is 76.0 Å². The van der Waals surface area contributed by atoms with Crippen LogP contribution in [0.3, 0.4) is 0 Å². The Morgan fingerprint density at radius 2 is 1.93 bits per heavy atom. The van der Waals surface area contributed by atoms with Gasteiger partial charge in [-0.25, -0.2) is 0 Å². The third-order valence-corrected chi connectivity index (χ3v) is 9.66. The number of allylic oxidation sites excluding steroid dienone is 1. The van der Waals surface area contributed by atoms with Crippen molar-refractivity contribution in [2.24, 2.45) is 28.6 Å². The Morgan fingerprint density at radius 3 is 2.67 bits per heavy atom. The second kappa shape index (κ2) is 6.43. The first-order valence-electron chi connectivity index (χ1n) is 11.7. The number of hydrogen-bond acceptors (Lipinski definition) is 5. The Morgan fingerprint density at radius 1 is 1.17 bits per heavy atom. The Labute approximate surface area is 179 Å². The number of rotatable bonds is 2. The first-order valence-corrected chi connectivity index (χ1v) is 11.7. The standard InChI is InChI=1S/C25H36O5/c1-22(2)29-21-14-19-17-6-5-15-13-16(27)7-10-23(15,3)18(17)8-11-24(19,4)25(21,30-22)20(28)9-12-26/h5,9,12,16-19,21,26-27H,6-8,10-11,13-14H2,1-4H3/b12-9+/t16-,17+,18-,19-,21+,23-,24-,25+/m1/s1. The molecule has 1 heterocycles. The van der Waals surface area contributed by atoms with E-state index in [2.05, 4.69) is 19.9 Å². The zero-order chi connectivity index (χ0) is 21.5. The molecule has 5 rings (SSSR count). The molecular formula is C25H36O5. The van der Waals surface area contributed by atoms with Crippen molar-refractivity contribution >= 4 is 5.78 Å². The Balaban J connectivity index is 1.55. The van der Waals surface area contributed by atoms with Crippen molar-refractivity contribution < 1.29 is 24.5 Å². The van der Waals surface area contributed by atoms with E-state index in [1.165, 1.54) is 11.6 Å². The molecule has 30 heavy (non-hydrogen) atoms. The minimum absolute atomic E-state index is 0.157. The van der Waals surface area contributed by atoms with Gasteiger partial charge in [-0.15, -0.1) is 0 Å². The second-order valence-corrected chi connectivity index (χ2v) is 11.4. The molecule has 1 aliphatic heterocycles. The summed E-state index contributed by atoms with van der Waals surface area (Å²) in [5, 5.41) is 19.6. The molecule has 4 aliphatic carbocycles. The molecule has 0 aromatic rings. The van der Waals surface area contributed by atoms with Crippen LogP contribution in [-0.4, -0.2) is 39.6 Å². The van der Waals surface area contributed by atoms with Crippen LogP contribution in [-0.2, 0) is 14.3 Å². The molecule has 5 heteroatoms. The Bertz CT molecular complexity index is 814. The van der Waals surface area contributed by atoms with Gasteiger partial charge in [0.05, 0.1) is 18.5 Å². The Kier molecular flexibility index (Phi) is 4.44. The summed E-state index contributed by atoms with van der Waals surface area (Å²) in [6.07, 6.45) is 10.6. The average molecular weight is 417 g/mol. The van der Waals surface area contributed by atoms with Crippen LogP contribution in [0.5, 0.6) is 0 Å². The average Bonchev–Trinajstić information content (AvgIpc) is 3.08. The molecule has 5 aliphatic rings. The molecule has 3 saturated carbocycles. The predicted molar refractivity (Wildman–Crippen MR) is 113 cm³/mol. The summed E-state index contributed by atoms with van der Waals surface area (Å²) in [6.45, 7) is 8.41. The van der Waals surface area contributed by atoms with Crippen molar-refractivity contribution in [3.8, 4) is 0 Å². The maximum Gasteiger partial charge on any atom is 0.193 e. The molecule has 0 aromatic carbocycles. The number of carbonyl (C=O) groups is 1. The highest BCUT2D eigenvalue weighted by atomic mass is 16.8. The molecule has 0 unspecified atom stereocenters. The second-order valence-electron chi connectivity index (χ2n) is 11.4. The first-order chi connectivity index (χ1) is 14.1. The van der Waals surface area contributed by atoms with Crippen molar-refractivity contribution in [3.63, 3.8) is 0 Å². The van der Waals surface area contributed by atoms with Gasteiger partial charge < -0.3 is 19.7 Å². The van der Waals surface area contributed by atoms with Gasteiger partial charge in [0.15, 0.2) is 17.2 Å².